The Morgan fingerprint density at radius 2 is 2.00 bits per heavy atom. The van der Waals surface area contributed by atoms with Gasteiger partial charge in [-0.1, -0.05) is 19.9 Å². The summed E-state index contributed by atoms with van der Waals surface area (Å²) in [7, 11) is 0. The Labute approximate surface area is 156 Å². The van der Waals surface area contributed by atoms with Crippen LogP contribution in [0.3, 0.4) is 0 Å². The fraction of sp³-hybridized carbons (Fsp3) is 0.500. The zero-order valence-corrected chi connectivity index (χ0v) is 16.5. The monoisotopic (exact) mass is 356 g/mol. The van der Waals surface area contributed by atoms with E-state index in [1.807, 2.05) is 18.3 Å². The van der Waals surface area contributed by atoms with Crippen molar-refractivity contribution in [2.24, 2.45) is 5.92 Å². The summed E-state index contributed by atoms with van der Waals surface area (Å²) >= 11 is 5.67. The molecule has 0 spiro atoms. The summed E-state index contributed by atoms with van der Waals surface area (Å²) in [6.07, 6.45) is 6.27. The van der Waals surface area contributed by atoms with Crippen molar-refractivity contribution in [3.05, 3.63) is 54.1 Å². The lowest BCUT2D eigenvalue weighted by molar-refractivity contribution is 0.286. The molecule has 0 aromatic carbocycles. The van der Waals surface area contributed by atoms with Gasteiger partial charge in [-0.25, -0.2) is 0 Å². The van der Waals surface area contributed by atoms with Crippen LogP contribution in [0.1, 0.15) is 58.0 Å². The lowest BCUT2D eigenvalue weighted by Gasteiger charge is -2.29. The highest BCUT2D eigenvalue weighted by Gasteiger charge is 2.40. The molecule has 0 unspecified atom stereocenters. The first-order valence-electron chi connectivity index (χ1n) is 8.94. The first-order chi connectivity index (χ1) is 11.8. The van der Waals surface area contributed by atoms with Crippen molar-refractivity contribution in [2.75, 3.05) is 6.54 Å². The van der Waals surface area contributed by atoms with Gasteiger partial charge in [0, 0.05) is 30.7 Å². The van der Waals surface area contributed by atoms with Crippen molar-refractivity contribution in [3.63, 3.8) is 0 Å². The summed E-state index contributed by atoms with van der Waals surface area (Å²) in [5.41, 5.74) is 2.37. The molecule has 0 radical (unpaired) electrons. The van der Waals surface area contributed by atoms with Gasteiger partial charge in [0.1, 0.15) is 0 Å². The number of hydrogen-bond acceptors (Lipinski definition) is 2. The number of thiocarbonyl (C=S) groups is 1. The maximum Gasteiger partial charge on any atom is 0.170 e. The zero-order valence-electron chi connectivity index (χ0n) is 15.7. The molecule has 0 aliphatic carbocycles. The van der Waals surface area contributed by atoms with Gasteiger partial charge in [0.25, 0.3) is 0 Å². The van der Waals surface area contributed by atoms with E-state index >= 15 is 0 Å². The van der Waals surface area contributed by atoms with Crippen molar-refractivity contribution < 1.29 is 0 Å². The highest BCUT2D eigenvalue weighted by Crippen LogP contribution is 2.39. The fourth-order valence-corrected chi connectivity index (χ4v) is 3.68. The molecule has 1 fully saturated rings. The van der Waals surface area contributed by atoms with Crippen molar-refractivity contribution in [1.82, 2.24) is 19.8 Å². The van der Waals surface area contributed by atoms with Gasteiger partial charge in [-0.2, -0.15) is 0 Å². The van der Waals surface area contributed by atoms with Crippen LogP contribution in [0.25, 0.3) is 0 Å². The third-order valence-electron chi connectivity index (χ3n) is 4.59. The zero-order chi connectivity index (χ0) is 18.2. The Hall–Kier alpha value is -1.88. The summed E-state index contributed by atoms with van der Waals surface area (Å²) in [5, 5.41) is 4.33. The van der Waals surface area contributed by atoms with Crippen molar-refractivity contribution in [3.8, 4) is 0 Å². The summed E-state index contributed by atoms with van der Waals surface area (Å²) in [6, 6.07) is 8.52. The molecule has 0 bridgehead atoms. The van der Waals surface area contributed by atoms with E-state index in [1.54, 1.807) is 0 Å². The highest BCUT2D eigenvalue weighted by atomic mass is 32.1. The van der Waals surface area contributed by atoms with Gasteiger partial charge in [-0.15, -0.1) is 0 Å². The van der Waals surface area contributed by atoms with Gasteiger partial charge < -0.3 is 14.8 Å². The first-order valence-corrected chi connectivity index (χ1v) is 9.34. The lowest BCUT2D eigenvalue weighted by Crippen LogP contribution is -2.32. The van der Waals surface area contributed by atoms with Crippen molar-refractivity contribution in [2.45, 2.75) is 52.2 Å². The van der Waals surface area contributed by atoms with E-state index in [4.69, 9.17) is 12.2 Å². The third-order valence-corrected chi connectivity index (χ3v) is 4.94. The Bertz CT molecular complexity index is 730. The minimum atomic E-state index is 0.0637. The standard InChI is InChI=1S/C20H28N4S/c1-14(2)12-24-18(15-9-11-23(13-15)20(3,4)5)17(22-19(24)25)16-8-6-7-10-21-16/h6-11,13-14,17-18H,12H2,1-5H3,(H,22,25)/t17-,18-/m0/s1. The second kappa shape index (κ2) is 6.79. The summed E-state index contributed by atoms with van der Waals surface area (Å²) in [5.74, 6) is 0.537. The molecule has 2 aromatic rings. The molecule has 3 heterocycles. The molecule has 1 aliphatic heterocycles. The second-order valence-corrected chi connectivity index (χ2v) is 8.58. The molecule has 1 aliphatic rings. The normalized spacial score (nSPS) is 21.0. The number of pyridine rings is 1. The minimum Gasteiger partial charge on any atom is -0.352 e. The second-order valence-electron chi connectivity index (χ2n) is 8.20. The van der Waals surface area contributed by atoms with E-state index in [0.29, 0.717) is 5.92 Å². The quantitative estimate of drug-likeness (QED) is 0.830. The molecule has 2 aromatic heterocycles. The van der Waals surface area contributed by atoms with E-state index in [-0.39, 0.29) is 17.6 Å². The Morgan fingerprint density at radius 1 is 1.24 bits per heavy atom. The van der Waals surface area contributed by atoms with Crippen LogP contribution < -0.4 is 5.32 Å². The van der Waals surface area contributed by atoms with Crippen LogP contribution in [0, 0.1) is 5.92 Å². The number of rotatable bonds is 4. The average molecular weight is 357 g/mol. The van der Waals surface area contributed by atoms with Crippen LogP contribution in [-0.4, -0.2) is 26.1 Å². The SMILES string of the molecule is CC(C)CN1C(=S)N[C@@H](c2ccccn2)[C@@H]1c1ccn(C(C)(C)C)c1. The molecule has 5 heteroatoms. The summed E-state index contributed by atoms with van der Waals surface area (Å²) in [6.45, 7) is 12.0. The van der Waals surface area contributed by atoms with Crippen LogP contribution in [0.2, 0.25) is 0 Å². The van der Waals surface area contributed by atoms with Gasteiger partial charge in [-0.3, -0.25) is 4.98 Å². The number of aromatic nitrogens is 2. The molecule has 3 rings (SSSR count). The predicted molar refractivity (Wildman–Crippen MR) is 106 cm³/mol. The summed E-state index contributed by atoms with van der Waals surface area (Å²) < 4.78 is 2.27. The molecule has 1 saturated heterocycles. The van der Waals surface area contributed by atoms with Crippen LogP contribution in [0.5, 0.6) is 0 Å². The molecule has 4 nitrogen and oxygen atoms in total. The van der Waals surface area contributed by atoms with Gasteiger partial charge in [0.2, 0.25) is 0 Å². The van der Waals surface area contributed by atoms with Gasteiger partial charge in [0.05, 0.1) is 17.8 Å². The lowest BCUT2D eigenvalue weighted by atomic mass is 9.98. The number of nitrogens with zero attached hydrogens (tertiary/aromatic N) is 3. The van der Waals surface area contributed by atoms with Crippen molar-refractivity contribution in [1.29, 1.82) is 0 Å². The molecule has 134 valence electrons. The maximum absolute atomic E-state index is 5.67. The summed E-state index contributed by atoms with van der Waals surface area (Å²) in [4.78, 5) is 6.91. The van der Waals surface area contributed by atoms with Gasteiger partial charge in [0.15, 0.2) is 5.11 Å². The average Bonchev–Trinajstić information content (AvgIpc) is 3.13. The van der Waals surface area contributed by atoms with Crippen LogP contribution in [0.15, 0.2) is 42.9 Å². The van der Waals surface area contributed by atoms with Crippen LogP contribution in [-0.2, 0) is 5.54 Å². The third kappa shape index (κ3) is 3.71. The predicted octanol–water partition coefficient (Wildman–Crippen LogP) is 4.27. The number of nitrogens with one attached hydrogen (secondary N) is 1. The van der Waals surface area contributed by atoms with Crippen LogP contribution in [0.4, 0.5) is 0 Å². The topological polar surface area (TPSA) is 33.1 Å². The molecule has 1 N–H and O–H groups in total. The van der Waals surface area contributed by atoms with E-state index in [0.717, 1.165) is 17.4 Å². The van der Waals surface area contributed by atoms with Gasteiger partial charge >= 0.3 is 0 Å². The van der Waals surface area contributed by atoms with E-state index < -0.39 is 0 Å². The molecule has 0 saturated carbocycles. The molecule has 25 heavy (non-hydrogen) atoms. The largest absolute Gasteiger partial charge is 0.352 e. The maximum atomic E-state index is 5.67. The minimum absolute atomic E-state index is 0.0637. The Balaban J connectivity index is 2.01. The highest BCUT2D eigenvalue weighted by molar-refractivity contribution is 7.80. The molecular formula is C20H28N4S. The van der Waals surface area contributed by atoms with E-state index in [9.17, 15) is 0 Å². The fourth-order valence-electron chi connectivity index (χ4n) is 3.36. The first kappa shape index (κ1) is 17.9. The van der Waals surface area contributed by atoms with E-state index in [2.05, 4.69) is 78.9 Å². The Kier molecular flexibility index (Phi) is 4.87. The molecule has 0 amide bonds. The smallest absolute Gasteiger partial charge is 0.170 e. The molecule has 2 atom stereocenters. The number of hydrogen-bond donors (Lipinski definition) is 1. The Morgan fingerprint density at radius 3 is 2.56 bits per heavy atom. The van der Waals surface area contributed by atoms with Crippen LogP contribution >= 0.6 is 12.2 Å². The van der Waals surface area contributed by atoms with Crippen molar-refractivity contribution >= 4 is 17.3 Å². The van der Waals surface area contributed by atoms with E-state index in [1.165, 1.54) is 5.56 Å². The molecular weight excluding hydrogens is 328 g/mol. The van der Waals surface area contributed by atoms with Gasteiger partial charge in [-0.05, 0) is 62.7 Å².